The topological polar surface area (TPSA) is 88.2 Å². The van der Waals surface area contributed by atoms with Crippen LogP contribution in [0.25, 0.3) is 0 Å². The molecule has 8 nitrogen and oxygen atoms in total. The van der Waals surface area contributed by atoms with Gasteiger partial charge in [0.25, 0.3) is 0 Å². The number of ether oxygens (including phenoxy) is 2. The molecular weight excluding hydrogens is 422 g/mol. The molecule has 1 N–H and O–H groups in total. The first-order chi connectivity index (χ1) is 16.0. The maximum absolute atomic E-state index is 12.2. The molecule has 3 atom stereocenters. The molecule has 33 heavy (non-hydrogen) atoms. The van der Waals surface area contributed by atoms with Gasteiger partial charge in [0.15, 0.2) is 0 Å². The highest BCUT2D eigenvalue weighted by Gasteiger charge is 2.35. The van der Waals surface area contributed by atoms with Crippen molar-refractivity contribution in [2.75, 3.05) is 26.3 Å². The van der Waals surface area contributed by atoms with Crippen LogP contribution in [0.2, 0.25) is 0 Å². The number of imide groups is 1. The second-order valence-corrected chi connectivity index (χ2v) is 9.48. The highest BCUT2D eigenvalue weighted by molar-refractivity contribution is 6.00. The molecule has 0 spiro atoms. The van der Waals surface area contributed by atoms with Crippen LogP contribution in [-0.4, -0.2) is 72.5 Å². The minimum Gasteiger partial charge on any atom is -0.489 e. The quantitative estimate of drug-likeness (QED) is 0.427. The van der Waals surface area contributed by atoms with E-state index in [1.165, 1.54) is 4.90 Å². The summed E-state index contributed by atoms with van der Waals surface area (Å²) in [7, 11) is 0. The zero-order valence-corrected chi connectivity index (χ0v) is 19.6. The zero-order valence-electron chi connectivity index (χ0n) is 19.6. The molecule has 1 aliphatic carbocycles. The molecule has 1 saturated carbocycles. The van der Waals surface area contributed by atoms with Crippen LogP contribution in [0, 0.1) is 12.8 Å². The van der Waals surface area contributed by atoms with Gasteiger partial charge in [0, 0.05) is 31.5 Å². The summed E-state index contributed by atoms with van der Waals surface area (Å²) >= 11 is 0. The maximum Gasteiger partial charge on any atom is 0.249 e. The maximum atomic E-state index is 12.2. The summed E-state index contributed by atoms with van der Waals surface area (Å²) in [5, 5.41) is 2.33. The molecule has 3 unspecified atom stereocenters. The van der Waals surface area contributed by atoms with E-state index in [4.69, 9.17) is 9.47 Å². The van der Waals surface area contributed by atoms with Gasteiger partial charge < -0.3 is 14.4 Å². The zero-order chi connectivity index (χ0) is 23.4. The number of hydrogen-bond acceptors (Lipinski definition) is 6. The van der Waals surface area contributed by atoms with Crippen LogP contribution in [0.5, 0.6) is 5.75 Å². The molecule has 0 bridgehead atoms. The fourth-order valence-corrected chi connectivity index (χ4v) is 5.16. The van der Waals surface area contributed by atoms with Crippen LogP contribution in [0.1, 0.15) is 50.2 Å². The number of carbonyl (C=O) groups is 3. The summed E-state index contributed by atoms with van der Waals surface area (Å²) in [6.07, 6.45) is 4.75. The Hall–Kier alpha value is -2.45. The van der Waals surface area contributed by atoms with Gasteiger partial charge in [-0.1, -0.05) is 13.0 Å². The van der Waals surface area contributed by atoms with Crippen molar-refractivity contribution in [3.8, 4) is 5.75 Å². The van der Waals surface area contributed by atoms with E-state index in [0.29, 0.717) is 31.3 Å². The van der Waals surface area contributed by atoms with Crippen LogP contribution >= 0.6 is 0 Å². The number of likely N-dealkylation sites (N-methyl/N-ethyl adjacent to an activating group) is 1. The third-order valence-corrected chi connectivity index (χ3v) is 7.20. The monoisotopic (exact) mass is 457 g/mol. The molecule has 4 rings (SSSR count). The number of benzene rings is 1. The lowest BCUT2D eigenvalue weighted by atomic mass is 10.0. The molecule has 2 aliphatic heterocycles. The van der Waals surface area contributed by atoms with Crippen LogP contribution in [0.15, 0.2) is 18.2 Å². The molecule has 3 amide bonds. The van der Waals surface area contributed by atoms with Crippen molar-refractivity contribution in [1.82, 2.24) is 15.1 Å². The van der Waals surface area contributed by atoms with E-state index >= 15 is 0 Å². The first-order valence-corrected chi connectivity index (χ1v) is 12.1. The fourth-order valence-electron chi connectivity index (χ4n) is 5.16. The lowest BCUT2D eigenvalue weighted by molar-refractivity contribution is -0.141. The van der Waals surface area contributed by atoms with Crippen molar-refractivity contribution in [2.24, 2.45) is 5.92 Å². The van der Waals surface area contributed by atoms with Crippen LogP contribution in [-0.2, 0) is 25.7 Å². The summed E-state index contributed by atoms with van der Waals surface area (Å²) < 4.78 is 11.8. The fraction of sp³-hybridized carbons (Fsp3) is 0.640. The van der Waals surface area contributed by atoms with E-state index in [1.54, 1.807) is 0 Å². The standard InChI is InChI=1S/C25H35N3O5/c1-3-27(12-18-14-32-15-18)21-5-4-6-23(21)33-20-8-7-17(2)19(11-20)13-28(16-29)22-9-10-24(30)26-25(22)31/h7-8,11,16,18,21-23H,3-6,9-10,12-15H2,1-2H3,(H,26,30,31). The van der Waals surface area contributed by atoms with Gasteiger partial charge in [-0.05, 0) is 62.4 Å². The largest absolute Gasteiger partial charge is 0.489 e. The molecule has 8 heteroatoms. The molecule has 1 aromatic rings. The van der Waals surface area contributed by atoms with Crippen molar-refractivity contribution >= 4 is 18.2 Å². The van der Waals surface area contributed by atoms with Gasteiger partial charge in [0.1, 0.15) is 17.9 Å². The SMILES string of the molecule is CCN(CC1COC1)C1CCCC1Oc1ccc(C)c(CN(C=O)C2CCC(=O)NC2=O)c1. The molecule has 3 aliphatic rings. The minimum atomic E-state index is -0.628. The molecule has 1 aromatic carbocycles. The van der Waals surface area contributed by atoms with Crippen molar-refractivity contribution in [3.05, 3.63) is 29.3 Å². The highest BCUT2D eigenvalue weighted by Crippen LogP contribution is 2.31. The Bertz CT molecular complexity index is 872. The normalized spacial score (nSPS) is 25.6. The Kier molecular flexibility index (Phi) is 7.65. The van der Waals surface area contributed by atoms with Crippen LogP contribution < -0.4 is 10.1 Å². The molecule has 180 valence electrons. The van der Waals surface area contributed by atoms with Crippen molar-refractivity contribution < 1.29 is 23.9 Å². The number of amides is 3. The first kappa shape index (κ1) is 23.7. The highest BCUT2D eigenvalue weighted by atomic mass is 16.5. The summed E-state index contributed by atoms with van der Waals surface area (Å²) in [6.45, 7) is 8.27. The van der Waals surface area contributed by atoms with E-state index < -0.39 is 11.9 Å². The average molecular weight is 458 g/mol. The second-order valence-electron chi connectivity index (χ2n) is 9.48. The minimum absolute atomic E-state index is 0.138. The van der Waals surface area contributed by atoms with E-state index in [-0.39, 0.29) is 18.4 Å². The Balaban J connectivity index is 1.43. The lowest BCUT2D eigenvalue weighted by Gasteiger charge is -2.37. The molecule has 2 heterocycles. The molecule has 2 saturated heterocycles. The third-order valence-electron chi connectivity index (χ3n) is 7.20. The van der Waals surface area contributed by atoms with E-state index in [9.17, 15) is 14.4 Å². The van der Waals surface area contributed by atoms with Gasteiger partial charge in [-0.2, -0.15) is 0 Å². The number of carbonyl (C=O) groups excluding carboxylic acids is 3. The number of rotatable bonds is 10. The first-order valence-electron chi connectivity index (χ1n) is 12.1. The Morgan fingerprint density at radius 3 is 2.70 bits per heavy atom. The molecule has 3 fully saturated rings. The Morgan fingerprint density at radius 2 is 2.03 bits per heavy atom. The van der Waals surface area contributed by atoms with Crippen molar-refractivity contribution in [2.45, 2.75) is 70.7 Å². The van der Waals surface area contributed by atoms with Crippen LogP contribution in [0.3, 0.4) is 0 Å². The van der Waals surface area contributed by atoms with Gasteiger partial charge in [-0.25, -0.2) is 0 Å². The number of hydrogen-bond donors (Lipinski definition) is 1. The lowest BCUT2D eigenvalue weighted by Crippen LogP contribution is -2.51. The van der Waals surface area contributed by atoms with Gasteiger partial charge in [-0.15, -0.1) is 0 Å². The molecule has 0 radical (unpaired) electrons. The third kappa shape index (κ3) is 5.55. The number of piperidine rings is 1. The smallest absolute Gasteiger partial charge is 0.249 e. The van der Waals surface area contributed by atoms with Gasteiger partial charge >= 0.3 is 0 Å². The van der Waals surface area contributed by atoms with E-state index in [0.717, 1.165) is 62.4 Å². The summed E-state index contributed by atoms with van der Waals surface area (Å²) in [4.78, 5) is 39.5. The predicted molar refractivity (Wildman–Crippen MR) is 123 cm³/mol. The van der Waals surface area contributed by atoms with Gasteiger partial charge in [-0.3, -0.25) is 24.6 Å². The average Bonchev–Trinajstić information content (AvgIpc) is 3.22. The van der Waals surface area contributed by atoms with Gasteiger partial charge in [0.05, 0.1) is 13.2 Å². The molecular formula is C25H35N3O5. The molecule has 0 aromatic heterocycles. The Labute approximate surface area is 195 Å². The van der Waals surface area contributed by atoms with Crippen LogP contribution in [0.4, 0.5) is 0 Å². The second kappa shape index (κ2) is 10.7. The van der Waals surface area contributed by atoms with Crippen molar-refractivity contribution in [3.63, 3.8) is 0 Å². The summed E-state index contributed by atoms with van der Waals surface area (Å²) in [5.74, 6) is 0.725. The predicted octanol–water partition coefficient (Wildman–Crippen LogP) is 2.03. The van der Waals surface area contributed by atoms with E-state index in [2.05, 4.69) is 17.1 Å². The summed E-state index contributed by atoms with van der Waals surface area (Å²) in [5.41, 5.74) is 1.97. The van der Waals surface area contributed by atoms with Crippen molar-refractivity contribution in [1.29, 1.82) is 0 Å². The number of nitrogens with zero attached hydrogens (tertiary/aromatic N) is 2. The Morgan fingerprint density at radius 1 is 1.21 bits per heavy atom. The number of aryl methyl sites for hydroxylation is 1. The number of nitrogens with one attached hydrogen (secondary N) is 1. The van der Waals surface area contributed by atoms with Gasteiger partial charge in [0.2, 0.25) is 18.2 Å². The summed E-state index contributed by atoms with van der Waals surface area (Å²) in [6, 6.07) is 5.75. The van der Waals surface area contributed by atoms with E-state index in [1.807, 2.05) is 25.1 Å².